The number of fused-ring (bicyclic) bond motifs is 1. The topological polar surface area (TPSA) is 93.5 Å². The van der Waals surface area contributed by atoms with Crippen LogP contribution in [0.3, 0.4) is 0 Å². The van der Waals surface area contributed by atoms with Gasteiger partial charge in [0.15, 0.2) is 0 Å². The predicted molar refractivity (Wildman–Crippen MR) is 91.8 cm³/mol. The van der Waals surface area contributed by atoms with Crippen LogP contribution in [-0.2, 0) is 20.9 Å². The van der Waals surface area contributed by atoms with Gasteiger partial charge >= 0.3 is 5.97 Å². The molecule has 0 aliphatic carbocycles. The van der Waals surface area contributed by atoms with E-state index in [2.05, 4.69) is 10.4 Å². The maximum absolute atomic E-state index is 12.2. The third-order valence-corrected chi connectivity index (χ3v) is 4.43. The molecule has 3 rings (SSSR count). The SMILES string of the molecule is CCOC(=O)Cn1nc(C)c2c1NC(=O)CC2c1ccc(O)c(Cl)c1. The lowest BCUT2D eigenvalue weighted by Gasteiger charge is -2.24. The average molecular weight is 364 g/mol. The first-order chi connectivity index (χ1) is 11.9. The molecule has 8 heteroatoms. The molecule has 7 nitrogen and oxygen atoms in total. The van der Waals surface area contributed by atoms with Crippen molar-refractivity contribution in [3.63, 3.8) is 0 Å². The molecule has 1 atom stereocenters. The van der Waals surface area contributed by atoms with Crippen molar-refractivity contribution in [3.8, 4) is 5.75 Å². The van der Waals surface area contributed by atoms with Crippen molar-refractivity contribution in [2.75, 3.05) is 11.9 Å². The summed E-state index contributed by atoms with van der Waals surface area (Å²) in [4.78, 5) is 24.0. The Morgan fingerprint density at radius 1 is 1.52 bits per heavy atom. The predicted octanol–water partition coefficient (Wildman–Crippen LogP) is 2.59. The Morgan fingerprint density at radius 3 is 2.96 bits per heavy atom. The van der Waals surface area contributed by atoms with E-state index in [-0.39, 0.29) is 42.2 Å². The van der Waals surface area contributed by atoms with E-state index in [4.69, 9.17) is 16.3 Å². The van der Waals surface area contributed by atoms with Gasteiger partial charge in [-0.25, -0.2) is 4.68 Å². The summed E-state index contributed by atoms with van der Waals surface area (Å²) in [6.07, 6.45) is 0.236. The molecule has 2 N–H and O–H groups in total. The Balaban J connectivity index is 2.03. The van der Waals surface area contributed by atoms with Crippen LogP contribution in [0.25, 0.3) is 0 Å². The molecule has 1 aromatic heterocycles. The molecule has 1 aromatic carbocycles. The van der Waals surface area contributed by atoms with Crippen LogP contribution in [0.5, 0.6) is 5.75 Å². The van der Waals surface area contributed by atoms with E-state index < -0.39 is 5.97 Å². The van der Waals surface area contributed by atoms with Gasteiger partial charge in [-0.15, -0.1) is 0 Å². The number of nitrogens with zero attached hydrogens (tertiary/aromatic N) is 2. The molecule has 1 aliphatic heterocycles. The Hall–Kier alpha value is -2.54. The van der Waals surface area contributed by atoms with Crippen LogP contribution in [0.15, 0.2) is 18.2 Å². The molecule has 132 valence electrons. The minimum absolute atomic E-state index is 0.0133. The number of benzene rings is 1. The van der Waals surface area contributed by atoms with E-state index >= 15 is 0 Å². The summed E-state index contributed by atoms with van der Waals surface area (Å²) in [6, 6.07) is 4.88. The van der Waals surface area contributed by atoms with E-state index in [1.165, 1.54) is 10.7 Å². The van der Waals surface area contributed by atoms with Gasteiger partial charge in [-0.3, -0.25) is 9.59 Å². The maximum Gasteiger partial charge on any atom is 0.327 e. The first-order valence-corrected chi connectivity index (χ1v) is 8.29. The molecule has 2 aromatic rings. The molecule has 0 radical (unpaired) electrons. The van der Waals surface area contributed by atoms with Gasteiger partial charge in [0, 0.05) is 17.9 Å². The van der Waals surface area contributed by atoms with Crippen molar-refractivity contribution in [2.24, 2.45) is 0 Å². The smallest absolute Gasteiger partial charge is 0.327 e. The van der Waals surface area contributed by atoms with Gasteiger partial charge < -0.3 is 15.2 Å². The molecule has 25 heavy (non-hydrogen) atoms. The molecule has 0 saturated carbocycles. The monoisotopic (exact) mass is 363 g/mol. The molecule has 1 aliphatic rings. The number of phenols is 1. The van der Waals surface area contributed by atoms with Crippen LogP contribution in [0.1, 0.15) is 36.1 Å². The molecule has 2 heterocycles. The van der Waals surface area contributed by atoms with Gasteiger partial charge in [0.1, 0.15) is 18.1 Å². The van der Waals surface area contributed by atoms with E-state index in [9.17, 15) is 14.7 Å². The third-order valence-electron chi connectivity index (χ3n) is 4.13. The number of nitrogens with one attached hydrogen (secondary N) is 1. The number of aromatic hydroxyl groups is 1. The zero-order valence-corrected chi connectivity index (χ0v) is 14.6. The lowest BCUT2D eigenvalue weighted by atomic mass is 9.86. The second kappa shape index (κ2) is 6.76. The fraction of sp³-hybridized carbons (Fsp3) is 0.353. The number of aryl methyl sites for hydroxylation is 1. The Labute approximate surface area is 149 Å². The van der Waals surface area contributed by atoms with Crippen molar-refractivity contribution in [1.29, 1.82) is 0 Å². The fourth-order valence-corrected chi connectivity index (χ4v) is 3.27. The van der Waals surface area contributed by atoms with Gasteiger partial charge in [0.05, 0.1) is 17.3 Å². The zero-order valence-electron chi connectivity index (χ0n) is 13.9. The number of carbonyl (C=O) groups is 2. The molecule has 0 spiro atoms. The summed E-state index contributed by atoms with van der Waals surface area (Å²) < 4.78 is 6.41. The van der Waals surface area contributed by atoms with Crippen LogP contribution < -0.4 is 5.32 Å². The molecule has 0 saturated heterocycles. The molecular formula is C17H18ClN3O4. The minimum Gasteiger partial charge on any atom is -0.506 e. The second-order valence-corrected chi connectivity index (χ2v) is 6.23. The number of ether oxygens (including phenoxy) is 1. The van der Waals surface area contributed by atoms with Crippen molar-refractivity contribution < 1.29 is 19.4 Å². The standard InChI is InChI=1S/C17H18ClN3O4/c1-3-25-15(24)8-21-17-16(9(2)20-21)11(7-14(23)19-17)10-4-5-13(22)12(18)6-10/h4-6,11,22H,3,7-8H2,1-2H3,(H,19,23). The number of esters is 1. The summed E-state index contributed by atoms with van der Waals surface area (Å²) in [5.41, 5.74) is 2.36. The second-order valence-electron chi connectivity index (χ2n) is 5.83. The van der Waals surface area contributed by atoms with Gasteiger partial charge in [-0.2, -0.15) is 5.10 Å². The van der Waals surface area contributed by atoms with Gasteiger partial charge in [0.25, 0.3) is 0 Å². The summed E-state index contributed by atoms with van der Waals surface area (Å²) in [5, 5.41) is 17.0. The first-order valence-electron chi connectivity index (χ1n) is 7.91. The lowest BCUT2D eigenvalue weighted by molar-refractivity contribution is -0.144. The van der Waals surface area contributed by atoms with E-state index in [0.717, 1.165) is 11.1 Å². The molecule has 0 fully saturated rings. The zero-order chi connectivity index (χ0) is 18.1. The van der Waals surface area contributed by atoms with Crippen LogP contribution >= 0.6 is 11.6 Å². The quantitative estimate of drug-likeness (QED) is 0.814. The van der Waals surface area contributed by atoms with Gasteiger partial charge in [0.2, 0.25) is 5.91 Å². The van der Waals surface area contributed by atoms with E-state index in [0.29, 0.717) is 11.5 Å². The number of carbonyl (C=O) groups excluding carboxylic acids is 2. The maximum atomic E-state index is 12.2. The summed E-state index contributed by atoms with van der Waals surface area (Å²) in [6.45, 7) is 3.76. The molecule has 0 bridgehead atoms. The van der Waals surface area contributed by atoms with Crippen molar-refractivity contribution in [3.05, 3.63) is 40.0 Å². The molecule has 1 amide bonds. The summed E-state index contributed by atoms with van der Waals surface area (Å²) in [7, 11) is 0. The number of anilines is 1. The Kier molecular flexibility index (Phi) is 4.67. The Morgan fingerprint density at radius 2 is 2.28 bits per heavy atom. The number of phenolic OH excluding ortho intramolecular Hbond substituents is 1. The number of amides is 1. The van der Waals surface area contributed by atoms with E-state index in [1.54, 1.807) is 19.1 Å². The van der Waals surface area contributed by atoms with Crippen molar-refractivity contribution in [1.82, 2.24) is 9.78 Å². The number of halogens is 1. The first kappa shape index (κ1) is 17.3. The highest BCUT2D eigenvalue weighted by atomic mass is 35.5. The van der Waals surface area contributed by atoms with E-state index in [1.807, 2.05) is 6.92 Å². The fourth-order valence-electron chi connectivity index (χ4n) is 3.08. The number of aromatic nitrogens is 2. The molecular weight excluding hydrogens is 346 g/mol. The van der Waals surface area contributed by atoms with Gasteiger partial charge in [-0.1, -0.05) is 17.7 Å². The largest absolute Gasteiger partial charge is 0.506 e. The number of hydrogen-bond acceptors (Lipinski definition) is 5. The van der Waals surface area contributed by atoms with Crippen LogP contribution in [-0.4, -0.2) is 33.4 Å². The molecule has 1 unspecified atom stereocenters. The third kappa shape index (κ3) is 3.32. The summed E-state index contributed by atoms with van der Waals surface area (Å²) in [5.74, 6) is -0.363. The lowest BCUT2D eigenvalue weighted by Crippen LogP contribution is -2.26. The highest BCUT2D eigenvalue weighted by molar-refractivity contribution is 6.32. The van der Waals surface area contributed by atoms with Crippen molar-refractivity contribution >= 4 is 29.3 Å². The number of hydrogen-bond donors (Lipinski definition) is 2. The van der Waals surface area contributed by atoms with Crippen LogP contribution in [0.2, 0.25) is 5.02 Å². The minimum atomic E-state index is -0.420. The average Bonchev–Trinajstić information content (AvgIpc) is 2.85. The van der Waals surface area contributed by atoms with Crippen LogP contribution in [0.4, 0.5) is 5.82 Å². The highest BCUT2D eigenvalue weighted by Gasteiger charge is 2.33. The normalized spacial score (nSPS) is 16.3. The Bertz CT molecular complexity index is 847. The van der Waals surface area contributed by atoms with Gasteiger partial charge in [-0.05, 0) is 31.5 Å². The highest BCUT2D eigenvalue weighted by Crippen LogP contribution is 2.40. The van der Waals surface area contributed by atoms with Crippen LogP contribution in [0, 0.1) is 6.92 Å². The summed E-state index contributed by atoms with van der Waals surface area (Å²) >= 11 is 6.01. The number of rotatable bonds is 4. The van der Waals surface area contributed by atoms with Crippen molar-refractivity contribution in [2.45, 2.75) is 32.7 Å².